The summed E-state index contributed by atoms with van der Waals surface area (Å²) in [5.41, 5.74) is 2.27. The Kier molecular flexibility index (Phi) is 6.48. The van der Waals surface area contributed by atoms with E-state index in [0.29, 0.717) is 12.3 Å². The van der Waals surface area contributed by atoms with Gasteiger partial charge in [-0.3, -0.25) is 4.79 Å². The molecule has 0 saturated heterocycles. The summed E-state index contributed by atoms with van der Waals surface area (Å²) < 4.78 is 5.63. The van der Waals surface area contributed by atoms with Crippen molar-refractivity contribution in [2.24, 2.45) is 0 Å². The Morgan fingerprint density at radius 2 is 1.87 bits per heavy atom. The molecule has 0 bridgehead atoms. The molecule has 2 rings (SSSR count). The predicted octanol–water partition coefficient (Wildman–Crippen LogP) is 4.16. The van der Waals surface area contributed by atoms with E-state index in [0.717, 1.165) is 29.0 Å². The number of halogens is 1. The zero-order chi connectivity index (χ0) is 16.7. The van der Waals surface area contributed by atoms with Gasteiger partial charge in [0.2, 0.25) is 0 Å². The van der Waals surface area contributed by atoms with Gasteiger partial charge in [0.05, 0.1) is 0 Å². The second-order valence-electron chi connectivity index (χ2n) is 5.56. The number of hydrogen-bond donors (Lipinski definition) is 1. The molecule has 2 aromatic rings. The number of benzene rings is 2. The minimum absolute atomic E-state index is 0.107. The van der Waals surface area contributed by atoms with Gasteiger partial charge >= 0.3 is 0 Å². The highest BCUT2D eigenvalue weighted by Crippen LogP contribution is 2.16. The molecular weight excluding hydrogens is 310 g/mol. The highest BCUT2D eigenvalue weighted by atomic mass is 35.5. The summed E-state index contributed by atoms with van der Waals surface area (Å²) in [4.78, 5) is 12.0. The van der Waals surface area contributed by atoms with Gasteiger partial charge < -0.3 is 10.1 Å². The Bertz CT molecular complexity index is 640. The van der Waals surface area contributed by atoms with Gasteiger partial charge in [0, 0.05) is 11.6 Å². The van der Waals surface area contributed by atoms with Gasteiger partial charge in [-0.25, -0.2) is 0 Å². The molecular formula is C19H22ClNO2. The Labute approximate surface area is 142 Å². The van der Waals surface area contributed by atoms with Crippen LogP contribution in [-0.4, -0.2) is 18.6 Å². The van der Waals surface area contributed by atoms with Crippen molar-refractivity contribution in [2.75, 3.05) is 6.54 Å². The molecule has 0 fully saturated rings. The maximum absolute atomic E-state index is 12.0. The van der Waals surface area contributed by atoms with E-state index >= 15 is 0 Å². The van der Waals surface area contributed by atoms with Crippen molar-refractivity contribution in [3.63, 3.8) is 0 Å². The van der Waals surface area contributed by atoms with Crippen LogP contribution in [0, 0.1) is 6.92 Å². The molecule has 0 radical (unpaired) electrons. The number of amides is 1. The summed E-state index contributed by atoms with van der Waals surface area (Å²) in [6, 6.07) is 15.4. The summed E-state index contributed by atoms with van der Waals surface area (Å²) in [5, 5.41) is 3.67. The third-order valence-corrected chi connectivity index (χ3v) is 3.95. The first-order valence-corrected chi connectivity index (χ1v) is 8.18. The minimum atomic E-state index is -0.516. The van der Waals surface area contributed by atoms with Crippen LogP contribution in [0.15, 0.2) is 48.5 Å². The standard InChI is InChI=1S/C19H22ClNO2/c1-14-9-11-17(12-10-14)23-15(2)19(22)21-13-5-7-16-6-3-4-8-18(16)20/h3-4,6,8-12,15H,5,7,13H2,1-2H3,(H,21,22). The zero-order valence-electron chi connectivity index (χ0n) is 13.5. The third kappa shape index (κ3) is 5.61. The van der Waals surface area contributed by atoms with Crippen LogP contribution in [0.3, 0.4) is 0 Å². The van der Waals surface area contributed by atoms with Crippen LogP contribution >= 0.6 is 11.6 Å². The van der Waals surface area contributed by atoms with Crippen molar-refractivity contribution in [2.45, 2.75) is 32.8 Å². The summed E-state index contributed by atoms with van der Waals surface area (Å²) in [6.07, 6.45) is 1.16. The zero-order valence-corrected chi connectivity index (χ0v) is 14.3. The molecule has 1 unspecified atom stereocenters. The Morgan fingerprint density at radius 1 is 1.17 bits per heavy atom. The van der Waals surface area contributed by atoms with E-state index < -0.39 is 6.10 Å². The number of ether oxygens (including phenoxy) is 1. The third-order valence-electron chi connectivity index (χ3n) is 3.58. The molecule has 2 aromatic carbocycles. The van der Waals surface area contributed by atoms with Crippen molar-refractivity contribution in [3.8, 4) is 5.75 Å². The second-order valence-corrected chi connectivity index (χ2v) is 5.97. The Hall–Kier alpha value is -2.00. The molecule has 122 valence electrons. The SMILES string of the molecule is Cc1ccc(OC(C)C(=O)NCCCc2ccccc2Cl)cc1. The lowest BCUT2D eigenvalue weighted by atomic mass is 10.1. The average Bonchev–Trinajstić information content (AvgIpc) is 2.55. The van der Waals surface area contributed by atoms with E-state index in [9.17, 15) is 4.79 Å². The van der Waals surface area contributed by atoms with Crippen LogP contribution in [0.5, 0.6) is 5.75 Å². The first-order valence-electron chi connectivity index (χ1n) is 7.80. The van der Waals surface area contributed by atoms with Crippen LogP contribution < -0.4 is 10.1 Å². The van der Waals surface area contributed by atoms with Crippen molar-refractivity contribution in [1.82, 2.24) is 5.32 Å². The summed E-state index contributed by atoms with van der Waals surface area (Å²) in [6.45, 7) is 4.37. The highest BCUT2D eigenvalue weighted by Gasteiger charge is 2.13. The molecule has 1 amide bonds. The average molecular weight is 332 g/mol. The topological polar surface area (TPSA) is 38.3 Å². The van der Waals surface area contributed by atoms with Gasteiger partial charge in [0.15, 0.2) is 6.10 Å². The number of hydrogen-bond acceptors (Lipinski definition) is 2. The van der Waals surface area contributed by atoms with E-state index in [2.05, 4.69) is 5.32 Å². The first-order chi connectivity index (χ1) is 11.1. The number of rotatable bonds is 7. The lowest BCUT2D eigenvalue weighted by Gasteiger charge is -2.15. The molecule has 23 heavy (non-hydrogen) atoms. The number of carbonyl (C=O) groups excluding carboxylic acids is 1. The van der Waals surface area contributed by atoms with Gasteiger partial charge in [0.25, 0.3) is 5.91 Å². The fourth-order valence-corrected chi connectivity index (χ4v) is 2.44. The smallest absolute Gasteiger partial charge is 0.260 e. The molecule has 0 aliphatic rings. The quantitative estimate of drug-likeness (QED) is 0.773. The molecule has 1 N–H and O–H groups in total. The first kappa shape index (κ1) is 17.4. The molecule has 4 heteroatoms. The molecule has 0 aliphatic heterocycles. The number of aryl methyl sites for hydroxylation is 2. The van der Waals surface area contributed by atoms with Crippen molar-refractivity contribution in [3.05, 3.63) is 64.7 Å². The summed E-state index contributed by atoms with van der Waals surface area (Å²) >= 11 is 6.11. The molecule has 3 nitrogen and oxygen atoms in total. The normalized spacial score (nSPS) is 11.8. The fraction of sp³-hybridized carbons (Fsp3) is 0.316. The molecule has 0 saturated carbocycles. The summed E-state index contributed by atoms with van der Waals surface area (Å²) in [5.74, 6) is 0.596. The van der Waals surface area contributed by atoms with Crippen LogP contribution in [0.1, 0.15) is 24.5 Å². The van der Waals surface area contributed by atoms with Crippen LogP contribution in [0.25, 0.3) is 0 Å². The van der Waals surface area contributed by atoms with Crippen LogP contribution in [0.4, 0.5) is 0 Å². The molecule has 0 aliphatic carbocycles. The maximum Gasteiger partial charge on any atom is 0.260 e. The number of nitrogens with one attached hydrogen (secondary N) is 1. The number of carbonyl (C=O) groups is 1. The highest BCUT2D eigenvalue weighted by molar-refractivity contribution is 6.31. The molecule has 0 spiro atoms. The lowest BCUT2D eigenvalue weighted by molar-refractivity contribution is -0.127. The molecule has 0 heterocycles. The van der Waals surface area contributed by atoms with Crippen LogP contribution in [0.2, 0.25) is 5.02 Å². The van der Waals surface area contributed by atoms with Gasteiger partial charge in [-0.2, -0.15) is 0 Å². The fourth-order valence-electron chi connectivity index (χ4n) is 2.21. The summed E-state index contributed by atoms with van der Waals surface area (Å²) in [7, 11) is 0. The van der Waals surface area contributed by atoms with Crippen molar-refractivity contribution < 1.29 is 9.53 Å². The van der Waals surface area contributed by atoms with Gasteiger partial charge in [-0.05, 0) is 50.5 Å². The Balaban J connectivity index is 1.72. The lowest BCUT2D eigenvalue weighted by Crippen LogP contribution is -2.36. The monoisotopic (exact) mass is 331 g/mol. The predicted molar refractivity (Wildman–Crippen MR) is 94.1 cm³/mol. The van der Waals surface area contributed by atoms with Crippen molar-refractivity contribution in [1.29, 1.82) is 0 Å². The Morgan fingerprint density at radius 3 is 2.57 bits per heavy atom. The van der Waals surface area contributed by atoms with Crippen molar-refractivity contribution >= 4 is 17.5 Å². The van der Waals surface area contributed by atoms with E-state index in [1.165, 1.54) is 0 Å². The van der Waals surface area contributed by atoms with E-state index in [1.807, 2.05) is 55.5 Å². The second kappa shape index (κ2) is 8.59. The van der Waals surface area contributed by atoms with E-state index in [1.54, 1.807) is 6.92 Å². The van der Waals surface area contributed by atoms with E-state index in [-0.39, 0.29) is 5.91 Å². The molecule has 1 atom stereocenters. The molecule has 0 aromatic heterocycles. The van der Waals surface area contributed by atoms with E-state index in [4.69, 9.17) is 16.3 Å². The van der Waals surface area contributed by atoms with Gasteiger partial charge in [-0.15, -0.1) is 0 Å². The van der Waals surface area contributed by atoms with Gasteiger partial charge in [-0.1, -0.05) is 47.5 Å². The van der Waals surface area contributed by atoms with Gasteiger partial charge in [0.1, 0.15) is 5.75 Å². The van der Waals surface area contributed by atoms with Crippen LogP contribution in [-0.2, 0) is 11.2 Å². The largest absolute Gasteiger partial charge is 0.481 e. The maximum atomic E-state index is 12.0. The minimum Gasteiger partial charge on any atom is -0.481 e.